The Labute approximate surface area is 194 Å². The molecule has 4 aromatic rings. The molecule has 1 saturated heterocycles. The lowest BCUT2D eigenvalue weighted by molar-refractivity contribution is 0.0346. The summed E-state index contributed by atoms with van der Waals surface area (Å²) in [6, 6.07) is 32.1. The number of fused-ring (bicyclic) bond motifs is 1. The minimum atomic E-state index is -0.449. The fraction of sp³-hybridized carbons (Fsp3) is 0.207. The van der Waals surface area contributed by atoms with Crippen molar-refractivity contribution in [2.45, 2.75) is 25.0 Å². The molecule has 1 fully saturated rings. The van der Waals surface area contributed by atoms with Gasteiger partial charge in [-0.15, -0.1) is 0 Å². The van der Waals surface area contributed by atoms with Crippen molar-refractivity contribution in [1.29, 1.82) is 0 Å². The molecule has 0 radical (unpaired) electrons. The number of hydrogen-bond donors (Lipinski definition) is 1. The van der Waals surface area contributed by atoms with E-state index in [2.05, 4.69) is 35.6 Å². The molecule has 1 amide bonds. The van der Waals surface area contributed by atoms with Crippen LogP contribution in [0.15, 0.2) is 97.1 Å². The fourth-order valence-corrected chi connectivity index (χ4v) is 4.47. The summed E-state index contributed by atoms with van der Waals surface area (Å²) >= 11 is 0. The Morgan fingerprint density at radius 2 is 1.58 bits per heavy atom. The Hall–Kier alpha value is -3.63. The van der Waals surface area contributed by atoms with Crippen LogP contribution in [0, 0.1) is 0 Å². The molecule has 5 rings (SSSR count). The summed E-state index contributed by atoms with van der Waals surface area (Å²) in [5.41, 5.74) is 2.27. The highest BCUT2D eigenvalue weighted by Gasteiger charge is 2.36. The molecule has 4 nitrogen and oxygen atoms in total. The van der Waals surface area contributed by atoms with Gasteiger partial charge in [0.2, 0.25) is 0 Å². The van der Waals surface area contributed by atoms with E-state index in [-0.39, 0.29) is 5.91 Å². The lowest BCUT2D eigenvalue weighted by Crippen LogP contribution is -2.49. The van der Waals surface area contributed by atoms with Gasteiger partial charge in [-0.3, -0.25) is 4.79 Å². The second kappa shape index (κ2) is 9.47. The molecule has 1 aliphatic heterocycles. The lowest BCUT2D eigenvalue weighted by Gasteiger charge is -2.38. The number of nitrogens with one attached hydrogen (secondary N) is 1. The van der Waals surface area contributed by atoms with Gasteiger partial charge in [0.05, 0.1) is 5.54 Å². The van der Waals surface area contributed by atoms with E-state index in [0.717, 1.165) is 29.7 Å². The van der Waals surface area contributed by atoms with Gasteiger partial charge in [0.25, 0.3) is 5.91 Å². The van der Waals surface area contributed by atoms with Gasteiger partial charge in [0, 0.05) is 18.8 Å². The van der Waals surface area contributed by atoms with Gasteiger partial charge in [-0.1, -0.05) is 66.7 Å². The first-order valence-corrected chi connectivity index (χ1v) is 11.4. The SMILES string of the molecule is O=C(NC1(c2ccc3ccccc3c2)CCOCC1)c1cccc(COc2ccccc2)c1. The summed E-state index contributed by atoms with van der Waals surface area (Å²) in [7, 11) is 0. The molecular weight excluding hydrogens is 410 g/mol. The molecule has 4 aromatic carbocycles. The van der Waals surface area contributed by atoms with Crippen LogP contribution in [0.4, 0.5) is 0 Å². The van der Waals surface area contributed by atoms with Crippen molar-refractivity contribution in [2.75, 3.05) is 13.2 Å². The van der Waals surface area contributed by atoms with E-state index >= 15 is 0 Å². The van der Waals surface area contributed by atoms with E-state index in [1.165, 1.54) is 10.8 Å². The van der Waals surface area contributed by atoms with Crippen LogP contribution < -0.4 is 10.1 Å². The quantitative estimate of drug-likeness (QED) is 0.411. The highest BCUT2D eigenvalue weighted by molar-refractivity contribution is 5.95. The Morgan fingerprint density at radius 3 is 2.39 bits per heavy atom. The summed E-state index contributed by atoms with van der Waals surface area (Å²) in [4.78, 5) is 13.4. The Bertz CT molecular complexity index is 1250. The van der Waals surface area contributed by atoms with Crippen LogP contribution in [0.2, 0.25) is 0 Å². The van der Waals surface area contributed by atoms with E-state index in [0.29, 0.717) is 25.4 Å². The maximum Gasteiger partial charge on any atom is 0.251 e. The van der Waals surface area contributed by atoms with Gasteiger partial charge in [0.1, 0.15) is 12.4 Å². The number of amides is 1. The number of hydrogen-bond acceptors (Lipinski definition) is 3. The molecule has 0 atom stereocenters. The average Bonchev–Trinajstić information content (AvgIpc) is 2.88. The molecule has 0 aromatic heterocycles. The number of carbonyl (C=O) groups is 1. The van der Waals surface area contributed by atoms with Crippen molar-refractivity contribution in [2.24, 2.45) is 0 Å². The van der Waals surface area contributed by atoms with Gasteiger partial charge < -0.3 is 14.8 Å². The van der Waals surface area contributed by atoms with Gasteiger partial charge >= 0.3 is 0 Å². The monoisotopic (exact) mass is 437 g/mol. The van der Waals surface area contributed by atoms with Crippen LogP contribution in [-0.2, 0) is 16.9 Å². The zero-order chi connectivity index (χ0) is 22.5. The molecule has 1 aliphatic rings. The van der Waals surface area contributed by atoms with Gasteiger partial charge in [-0.05, 0) is 65.1 Å². The number of benzene rings is 4. The molecule has 166 valence electrons. The summed E-state index contributed by atoms with van der Waals surface area (Å²) in [6.07, 6.45) is 1.49. The molecule has 0 aliphatic carbocycles. The third kappa shape index (κ3) is 4.76. The van der Waals surface area contributed by atoms with Crippen LogP contribution in [0.25, 0.3) is 10.8 Å². The van der Waals surface area contributed by atoms with Gasteiger partial charge in [-0.2, -0.15) is 0 Å². The Kier molecular flexibility index (Phi) is 6.09. The summed E-state index contributed by atoms with van der Waals surface area (Å²) in [5.74, 6) is 0.733. The zero-order valence-electron chi connectivity index (χ0n) is 18.5. The number of carbonyl (C=O) groups excluding carboxylic acids is 1. The van der Waals surface area contributed by atoms with E-state index < -0.39 is 5.54 Å². The second-order valence-electron chi connectivity index (χ2n) is 8.51. The standard InChI is InChI=1S/C29H27NO3/c31-28(25-10-6-7-22(19-25)21-33-27-11-2-1-3-12-27)30-29(15-17-32-18-16-29)26-14-13-23-8-4-5-9-24(23)20-26/h1-14,19-20H,15-18,21H2,(H,30,31). The van der Waals surface area contributed by atoms with Crippen LogP contribution in [-0.4, -0.2) is 19.1 Å². The molecule has 0 bridgehead atoms. The van der Waals surface area contributed by atoms with Gasteiger partial charge in [0.15, 0.2) is 0 Å². The topological polar surface area (TPSA) is 47.6 Å². The molecule has 4 heteroatoms. The predicted molar refractivity (Wildman–Crippen MR) is 130 cm³/mol. The molecule has 0 spiro atoms. The van der Waals surface area contributed by atoms with E-state index in [4.69, 9.17) is 9.47 Å². The maximum absolute atomic E-state index is 13.4. The van der Waals surface area contributed by atoms with E-state index in [1.54, 1.807) is 0 Å². The highest BCUT2D eigenvalue weighted by Crippen LogP contribution is 2.34. The zero-order valence-corrected chi connectivity index (χ0v) is 18.5. The minimum absolute atomic E-state index is 0.0772. The summed E-state index contributed by atoms with van der Waals surface area (Å²) < 4.78 is 11.5. The van der Waals surface area contributed by atoms with Crippen LogP contribution >= 0.6 is 0 Å². The molecule has 1 heterocycles. The van der Waals surface area contributed by atoms with Crippen molar-refractivity contribution in [3.63, 3.8) is 0 Å². The lowest BCUT2D eigenvalue weighted by atomic mass is 9.81. The van der Waals surface area contributed by atoms with Gasteiger partial charge in [-0.25, -0.2) is 0 Å². The van der Waals surface area contributed by atoms with Crippen LogP contribution in [0.5, 0.6) is 5.75 Å². The third-order valence-corrected chi connectivity index (χ3v) is 6.34. The molecule has 33 heavy (non-hydrogen) atoms. The third-order valence-electron chi connectivity index (χ3n) is 6.34. The van der Waals surface area contributed by atoms with Crippen molar-refractivity contribution in [3.05, 3.63) is 114 Å². The van der Waals surface area contributed by atoms with E-state index in [9.17, 15) is 4.79 Å². The molecule has 1 N–H and O–H groups in total. The smallest absolute Gasteiger partial charge is 0.251 e. The largest absolute Gasteiger partial charge is 0.489 e. The molecular formula is C29H27NO3. The van der Waals surface area contributed by atoms with Crippen LogP contribution in [0.3, 0.4) is 0 Å². The summed E-state index contributed by atoms with van der Waals surface area (Å²) in [5, 5.41) is 5.74. The van der Waals surface area contributed by atoms with Crippen molar-refractivity contribution in [3.8, 4) is 5.75 Å². The first-order chi connectivity index (χ1) is 16.2. The minimum Gasteiger partial charge on any atom is -0.489 e. The molecule has 0 unspecified atom stereocenters. The van der Waals surface area contributed by atoms with Crippen molar-refractivity contribution >= 4 is 16.7 Å². The molecule has 0 saturated carbocycles. The summed E-state index contributed by atoms with van der Waals surface area (Å²) in [6.45, 7) is 1.66. The number of rotatable bonds is 6. The normalized spacial score (nSPS) is 15.2. The highest BCUT2D eigenvalue weighted by atomic mass is 16.5. The second-order valence-corrected chi connectivity index (χ2v) is 8.51. The van der Waals surface area contributed by atoms with Crippen LogP contribution in [0.1, 0.15) is 34.3 Å². The number of ether oxygens (including phenoxy) is 2. The Morgan fingerprint density at radius 1 is 0.818 bits per heavy atom. The maximum atomic E-state index is 13.4. The number of para-hydroxylation sites is 1. The predicted octanol–water partition coefficient (Wildman–Crippen LogP) is 5.85. The van der Waals surface area contributed by atoms with E-state index in [1.807, 2.05) is 66.7 Å². The van der Waals surface area contributed by atoms with Crippen molar-refractivity contribution in [1.82, 2.24) is 5.32 Å². The Balaban J connectivity index is 1.37. The fourth-order valence-electron chi connectivity index (χ4n) is 4.47. The first kappa shape index (κ1) is 21.2. The average molecular weight is 438 g/mol. The van der Waals surface area contributed by atoms with Crippen molar-refractivity contribution < 1.29 is 14.3 Å². The first-order valence-electron chi connectivity index (χ1n) is 11.4.